The van der Waals surface area contributed by atoms with Gasteiger partial charge in [0.1, 0.15) is 11.6 Å². The molecule has 0 N–H and O–H groups in total. The number of methoxy groups -OCH3 is 1. The van der Waals surface area contributed by atoms with Crippen LogP contribution in [-0.2, 0) is 24.3 Å². The topological polar surface area (TPSA) is 53.8 Å². The number of hydrogen-bond donors (Lipinski definition) is 0. The number of rotatable bonds is 8. The molecule has 41 heavy (non-hydrogen) atoms. The quantitative estimate of drug-likeness (QED) is 0.301. The number of ether oxygens (including phenoxy) is 1. The molecule has 0 aliphatic carbocycles. The van der Waals surface area contributed by atoms with Gasteiger partial charge in [0.15, 0.2) is 0 Å². The van der Waals surface area contributed by atoms with Crippen LogP contribution in [0.5, 0.6) is 5.75 Å². The first-order valence-corrected chi connectivity index (χ1v) is 15.0. The average molecular weight is 552 g/mol. The number of carbonyl (C=O) groups excluding carboxylic acids is 1. The van der Waals surface area contributed by atoms with Crippen LogP contribution in [0.25, 0.3) is 11.0 Å². The molecule has 4 aromatic rings. The van der Waals surface area contributed by atoms with Crippen LogP contribution < -0.4 is 9.64 Å². The second kappa shape index (κ2) is 12.4. The van der Waals surface area contributed by atoms with Crippen LogP contribution in [0.1, 0.15) is 36.7 Å². The Morgan fingerprint density at radius 1 is 0.854 bits per heavy atom. The Balaban J connectivity index is 1.06. The lowest BCUT2D eigenvalue weighted by Gasteiger charge is -2.39. The first-order valence-electron chi connectivity index (χ1n) is 15.0. The molecule has 0 bridgehead atoms. The number of para-hydroxylation sites is 3. The zero-order valence-corrected chi connectivity index (χ0v) is 24.3. The monoisotopic (exact) mass is 551 g/mol. The fourth-order valence-corrected chi connectivity index (χ4v) is 6.42. The standard InChI is InChI=1S/C34H41N5O2/c1-3-27-8-4-6-10-31(27)37-20-22-38(23-21-37)34(40)28-16-18-36(19-17-28)25-33-35-30-9-5-7-11-32(30)39(33)24-26-12-14-29(41-2)15-13-26/h4-15,28H,3,16-25H2,1-2H3. The Kier molecular flexibility index (Phi) is 8.23. The predicted molar refractivity (Wildman–Crippen MR) is 164 cm³/mol. The predicted octanol–water partition coefficient (Wildman–Crippen LogP) is 5.22. The molecule has 0 saturated carbocycles. The first-order chi connectivity index (χ1) is 20.1. The zero-order valence-electron chi connectivity index (χ0n) is 24.3. The van der Waals surface area contributed by atoms with E-state index < -0.39 is 0 Å². The molecule has 0 unspecified atom stereocenters. The summed E-state index contributed by atoms with van der Waals surface area (Å²) >= 11 is 0. The molecule has 7 nitrogen and oxygen atoms in total. The summed E-state index contributed by atoms with van der Waals surface area (Å²) in [6.07, 6.45) is 2.86. The third-order valence-electron chi connectivity index (χ3n) is 8.84. The van der Waals surface area contributed by atoms with Crippen molar-refractivity contribution in [2.24, 2.45) is 5.92 Å². The van der Waals surface area contributed by atoms with E-state index in [1.807, 2.05) is 12.1 Å². The number of aryl methyl sites for hydroxylation is 1. The van der Waals surface area contributed by atoms with Gasteiger partial charge >= 0.3 is 0 Å². The maximum absolute atomic E-state index is 13.5. The van der Waals surface area contributed by atoms with Gasteiger partial charge in [-0.3, -0.25) is 9.69 Å². The van der Waals surface area contributed by atoms with Crippen LogP contribution in [-0.4, -0.2) is 71.6 Å². The Morgan fingerprint density at radius 2 is 1.56 bits per heavy atom. The summed E-state index contributed by atoms with van der Waals surface area (Å²) in [7, 11) is 1.70. The van der Waals surface area contributed by atoms with Crippen LogP contribution >= 0.6 is 0 Å². The summed E-state index contributed by atoms with van der Waals surface area (Å²) in [5.41, 5.74) is 6.12. The summed E-state index contributed by atoms with van der Waals surface area (Å²) in [4.78, 5) is 25.5. The molecule has 214 valence electrons. The van der Waals surface area contributed by atoms with Crippen LogP contribution in [0.2, 0.25) is 0 Å². The number of piperazine rings is 1. The minimum absolute atomic E-state index is 0.124. The normalized spacial score (nSPS) is 16.8. The number of likely N-dealkylation sites (tertiary alicyclic amines) is 1. The van der Waals surface area contributed by atoms with Gasteiger partial charge in [-0.2, -0.15) is 0 Å². The van der Waals surface area contributed by atoms with Crippen molar-refractivity contribution < 1.29 is 9.53 Å². The van der Waals surface area contributed by atoms with Gasteiger partial charge in [0, 0.05) is 44.3 Å². The highest BCUT2D eigenvalue weighted by atomic mass is 16.5. The van der Waals surface area contributed by atoms with Gasteiger partial charge in [0.2, 0.25) is 5.91 Å². The van der Waals surface area contributed by atoms with Crippen LogP contribution in [0, 0.1) is 5.92 Å². The lowest BCUT2D eigenvalue weighted by atomic mass is 9.95. The number of aromatic nitrogens is 2. The van der Waals surface area contributed by atoms with Crippen molar-refractivity contribution in [2.75, 3.05) is 51.3 Å². The largest absolute Gasteiger partial charge is 0.497 e. The van der Waals surface area contributed by atoms with Gasteiger partial charge in [-0.1, -0.05) is 49.4 Å². The minimum atomic E-state index is 0.124. The Labute approximate surface area is 243 Å². The number of piperidine rings is 1. The summed E-state index contributed by atoms with van der Waals surface area (Å²) < 4.78 is 7.68. The fraction of sp³-hybridized carbons (Fsp3) is 0.412. The Morgan fingerprint density at radius 3 is 2.29 bits per heavy atom. The number of carbonyl (C=O) groups is 1. The maximum atomic E-state index is 13.5. The second-order valence-corrected chi connectivity index (χ2v) is 11.3. The summed E-state index contributed by atoms with van der Waals surface area (Å²) in [6.45, 7) is 9.06. The highest BCUT2D eigenvalue weighted by molar-refractivity contribution is 5.79. The van der Waals surface area contributed by atoms with Gasteiger partial charge < -0.3 is 19.1 Å². The molecule has 0 radical (unpaired) electrons. The number of imidazole rings is 1. The van der Waals surface area contributed by atoms with Gasteiger partial charge in [-0.25, -0.2) is 4.98 Å². The van der Waals surface area contributed by atoms with E-state index in [2.05, 4.69) is 86.9 Å². The third kappa shape index (κ3) is 5.96. The number of anilines is 1. The average Bonchev–Trinajstić information content (AvgIpc) is 3.37. The van der Waals surface area contributed by atoms with Gasteiger partial charge in [0.25, 0.3) is 0 Å². The van der Waals surface area contributed by atoms with Crippen LogP contribution in [0.3, 0.4) is 0 Å². The number of benzene rings is 3. The minimum Gasteiger partial charge on any atom is -0.497 e. The molecule has 7 heteroatoms. The summed E-state index contributed by atoms with van der Waals surface area (Å²) in [6, 6.07) is 25.3. The van der Waals surface area contributed by atoms with E-state index >= 15 is 0 Å². The van der Waals surface area contributed by atoms with Gasteiger partial charge in [-0.05, 0) is 73.8 Å². The van der Waals surface area contributed by atoms with E-state index in [1.54, 1.807) is 7.11 Å². The number of amides is 1. The molecule has 0 atom stereocenters. The molecule has 3 heterocycles. The van der Waals surface area contributed by atoms with Gasteiger partial charge in [0.05, 0.1) is 24.7 Å². The molecule has 0 spiro atoms. The van der Waals surface area contributed by atoms with Crippen molar-refractivity contribution in [1.29, 1.82) is 0 Å². The van der Waals surface area contributed by atoms with E-state index in [0.717, 1.165) is 94.2 Å². The van der Waals surface area contributed by atoms with Gasteiger partial charge in [-0.15, -0.1) is 0 Å². The molecular formula is C34H41N5O2. The molecule has 1 aromatic heterocycles. The van der Waals surface area contributed by atoms with Crippen LogP contribution in [0.15, 0.2) is 72.8 Å². The highest BCUT2D eigenvalue weighted by Crippen LogP contribution is 2.26. The molecular weight excluding hydrogens is 510 g/mol. The first kappa shape index (κ1) is 27.3. The molecule has 2 saturated heterocycles. The molecule has 1 amide bonds. The summed E-state index contributed by atoms with van der Waals surface area (Å²) in [5.74, 6) is 2.42. The number of nitrogens with zero attached hydrogens (tertiary/aromatic N) is 5. The fourth-order valence-electron chi connectivity index (χ4n) is 6.42. The SMILES string of the molecule is CCc1ccccc1N1CCN(C(=O)C2CCN(Cc3nc4ccccc4n3Cc3ccc(OC)cc3)CC2)CC1. The molecule has 2 fully saturated rings. The van der Waals surface area contributed by atoms with E-state index in [-0.39, 0.29) is 5.92 Å². The second-order valence-electron chi connectivity index (χ2n) is 11.3. The lowest BCUT2D eigenvalue weighted by Crippen LogP contribution is -2.51. The third-order valence-corrected chi connectivity index (χ3v) is 8.84. The highest BCUT2D eigenvalue weighted by Gasteiger charge is 2.31. The molecule has 6 rings (SSSR count). The number of hydrogen-bond acceptors (Lipinski definition) is 5. The van der Waals surface area contributed by atoms with E-state index in [1.165, 1.54) is 16.8 Å². The Hall–Kier alpha value is -3.84. The van der Waals surface area contributed by atoms with E-state index in [9.17, 15) is 4.79 Å². The van der Waals surface area contributed by atoms with E-state index in [0.29, 0.717) is 5.91 Å². The van der Waals surface area contributed by atoms with Crippen molar-refractivity contribution >= 4 is 22.6 Å². The Bertz CT molecular complexity index is 1460. The maximum Gasteiger partial charge on any atom is 0.225 e. The van der Waals surface area contributed by atoms with Crippen LogP contribution in [0.4, 0.5) is 5.69 Å². The summed E-state index contributed by atoms with van der Waals surface area (Å²) in [5, 5.41) is 0. The van der Waals surface area contributed by atoms with Crippen molar-refractivity contribution in [2.45, 2.75) is 39.3 Å². The molecule has 2 aliphatic heterocycles. The lowest BCUT2D eigenvalue weighted by molar-refractivity contribution is -0.137. The van der Waals surface area contributed by atoms with Crippen molar-refractivity contribution in [3.05, 3.63) is 89.7 Å². The molecule has 3 aromatic carbocycles. The van der Waals surface area contributed by atoms with E-state index in [4.69, 9.17) is 9.72 Å². The number of fused-ring (bicyclic) bond motifs is 1. The zero-order chi connectivity index (χ0) is 28.2. The molecule has 2 aliphatic rings. The van der Waals surface area contributed by atoms with Crippen molar-refractivity contribution in [3.8, 4) is 5.75 Å². The smallest absolute Gasteiger partial charge is 0.225 e. The van der Waals surface area contributed by atoms with Crippen molar-refractivity contribution in [3.63, 3.8) is 0 Å². The van der Waals surface area contributed by atoms with Crippen molar-refractivity contribution in [1.82, 2.24) is 19.4 Å².